The van der Waals surface area contributed by atoms with Crippen LogP contribution in [0.3, 0.4) is 0 Å². The van der Waals surface area contributed by atoms with Gasteiger partial charge in [-0.15, -0.1) is 0 Å². The van der Waals surface area contributed by atoms with Gasteiger partial charge >= 0.3 is 0 Å². The summed E-state index contributed by atoms with van der Waals surface area (Å²) in [5, 5.41) is 0. The van der Waals surface area contributed by atoms with Gasteiger partial charge in [0.1, 0.15) is 0 Å². The molecule has 0 unspecified atom stereocenters. The van der Waals surface area contributed by atoms with Crippen molar-refractivity contribution in [2.24, 2.45) is 5.73 Å². The Kier molecular flexibility index (Phi) is 4.44. The van der Waals surface area contributed by atoms with E-state index >= 15 is 0 Å². The van der Waals surface area contributed by atoms with E-state index in [2.05, 4.69) is 15.9 Å². The first kappa shape index (κ1) is 14.3. The van der Waals surface area contributed by atoms with Crippen LogP contribution in [0.15, 0.2) is 10.5 Å². The Labute approximate surface area is 111 Å². The van der Waals surface area contributed by atoms with Gasteiger partial charge in [-0.25, -0.2) is 0 Å². The second kappa shape index (κ2) is 5.27. The van der Waals surface area contributed by atoms with Crippen LogP contribution in [0.1, 0.15) is 25.0 Å². The average molecular weight is 302 g/mol. The molecule has 0 heterocycles. The molecule has 0 radical (unpaired) electrons. The Morgan fingerprint density at radius 3 is 2.29 bits per heavy atom. The molecule has 0 spiro atoms. The monoisotopic (exact) mass is 301 g/mol. The van der Waals surface area contributed by atoms with Crippen LogP contribution in [0.25, 0.3) is 0 Å². The Hall–Kier alpha value is -0.740. The van der Waals surface area contributed by atoms with Gasteiger partial charge in [0.05, 0.1) is 14.2 Å². The molecule has 0 aliphatic rings. The molecule has 0 saturated carbocycles. The van der Waals surface area contributed by atoms with Gasteiger partial charge in [0.2, 0.25) is 0 Å². The SMILES string of the molecule is COc1cc(Br)c(C)c(CC(C)(C)N)c1OC. The number of ether oxygens (including phenoxy) is 2. The summed E-state index contributed by atoms with van der Waals surface area (Å²) in [6.45, 7) is 6.05. The van der Waals surface area contributed by atoms with E-state index in [-0.39, 0.29) is 5.54 Å². The molecule has 0 aliphatic heterocycles. The average Bonchev–Trinajstić information content (AvgIpc) is 2.22. The summed E-state index contributed by atoms with van der Waals surface area (Å²) >= 11 is 3.53. The van der Waals surface area contributed by atoms with Gasteiger partial charge in [0, 0.05) is 15.6 Å². The smallest absolute Gasteiger partial charge is 0.164 e. The molecule has 1 rings (SSSR count). The third-order valence-corrected chi connectivity index (χ3v) is 3.45. The molecule has 96 valence electrons. The van der Waals surface area contributed by atoms with Crippen LogP contribution in [-0.4, -0.2) is 19.8 Å². The van der Waals surface area contributed by atoms with Gasteiger partial charge in [0.15, 0.2) is 11.5 Å². The molecule has 0 aromatic heterocycles. The largest absolute Gasteiger partial charge is 0.493 e. The van der Waals surface area contributed by atoms with Gasteiger partial charge in [-0.2, -0.15) is 0 Å². The van der Waals surface area contributed by atoms with E-state index in [1.807, 2.05) is 26.8 Å². The Bertz CT molecular complexity index is 411. The van der Waals surface area contributed by atoms with Gasteiger partial charge in [0.25, 0.3) is 0 Å². The number of halogens is 1. The lowest BCUT2D eigenvalue weighted by molar-refractivity contribution is 0.348. The zero-order chi connectivity index (χ0) is 13.2. The minimum atomic E-state index is -0.288. The van der Waals surface area contributed by atoms with Crippen LogP contribution in [-0.2, 0) is 6.42 Å². The molecule has 0 saturated heterocycles. The van der Waals surface area contributed by atoms with E-state index in [1.165, 1.54) is 0 Å². The fourth-order valence-electron chi connectivity index (χ4n) is 1.80. The summed E-state index contributed by atoms with van der Waals surface area (Å²) in [4.78, 5) is 0. The molecule has 17 heavy (non-hydrogen) atoms. The third kappa shape index (κ3) is 3.36. The van der Waals surface area contributed by atoms with Crippen molar-refractivity contribution >= 4 is 15.9 Å². The molecule has 0 fully saturated rings. The summed E-state index contributed by atoms with van der Waals surface area (Å²) in [6, 6.07) is 1.92. The van der Waals surface area contributed by atoms with Crippen LogP contribution in [0.4, 0.5) is 0 Å². The van der Waals surface area contributed by atoms with E-state index in [0.717, 1.165) is 33.5 Å². The normalized spacial score (nSPS) is 11.5. The minimum Gasteiger partial charge on any atom is -0.493 e. The predicted molar refractivity (Wildman–Crippen MR) is 74.0 cm³/mol. The Balaban J connectivity index is 3.38. The fourth-order valence-corrected chi connectivity index (χ4v) is 2.24. The van der Waals surface area contributed by atoms with Gasteiger partial charge in [-0.05, 0) is 38.8 Å². The molecule has 0 amide bonds. The second-order valence-corrected chi connectivity index (χ2v) is 5.72. The molecule has 2 N–H and O–H groups in total. The first-order chi connectivity index (χ1) is 7.80. The summed E-state index contributed by atoms with van der Waals surface area (Å²) in [5.74, 6) is 1.50. The molecule has 0 bridgehead atoms. The van der Waals surface area contributed by atoms with Crippen molar-refractivity contribution in [2.75, 3.05) is 14.2 Å². The van der Waals surface area contributed by atoms with Gasteiger partial charge < -0.3 is 15.2 Å². The topological polar surface area (TPSA) is 44.5 Å². The van der Waals surface area contributed by atoms with E-state index in [0.29, 0.717) is 0 Å². The van der Waals surface area contributed by atoms with Crippen molar-refractivity contribution in [3.63, 3.8) is 0 Å². The minimum absolute atomic E-state index is 0.288. The standard InChI is InChI=1S/C13H20BrNO2/c1-8-9(7-13(2,3)15)12(17-5)11(16-4)6-10(8)14/h6H,7,15H2,1-5H3. The van der Waals surface area contributed by atoms with Crippen molar-refractivity contribution in [1.82, 2.24) is 0 Å². The summed E-state index contributed by atoms with van der Waals surface area (Å²) in [5.41, 5.74) is 8.03. The zero-order valence-electron chi connectivity index (χ0n) is 11.1. The number of benzene rings is 1. The van der Waals surface area contributed by atoms with Crippen LogP contribution in [0.5, 0.6) is 11.5 Å². The Morgan fingerprint density at radius 1 is 1.29 bits per heavy atom. The zero-order valence-corrected chi connectivity index (χ0v) is 12.6. The van der Waals surface area contributed by atoms with Crippen molar-refractivity contribution in [3.8, 4) is 11.5 Å². The lowest BCUT2D eigenvalue weighted by atomic mass is 9.92. The highest BCUT2D eigenvalue weighted by atomic mass is 79.9. The summed E-state index contributed by atoms with van der Waals surface area (Å²) < 4.78 is 11.8. The molecular formula is C13H20BrNO2. The van der Waals surface area contributed by atoms with Crippen molar-refractivity contribution < 1.29 is 9.47 Å². The number of methoxy groups -OCH3 is 2. The number of hydrogen-bond acceptors (Lipinski definition) is 3. The molecule has 1 aromatic carbocycles. The van der Waals surface area contributed by atoms with Crippen LogP contribution in [0.2, 0.25) is 0 Å². The number of nitrogens with two attached hydrogens (primary N) is 1. The van der Waals surface area contributed by atoms with E-state index in [4.69, 9.17) is 15.2 Å². The van der Waals surface area contributed by atoms with Crippen LogP contribution in [0, 0.1) is 6.92 Å². The Morgan fingerprint density at radius 2 is 1.88 bits per heavy atom. The van der Waals surface area contributed by atoms with Crippen molar-refractivity contribution in [1.29, 1.82) is 0 Å². The molecule has 0 aliphatic carbocycles. The molecule has 3 nitrogen and oxygen atoms in total. The maximum Gasteiger partial charge on any atom is 0.164 e. The van der Waals surface area contributed by atoms with E-state index < -0.39 is 0 Å². The highest BCUT2D eigenvalue weighted by Gasteiger charge is 2.21. The second-order valence-electron chi connectivity index (χ2n) is 4.86. The van der Waals surface area contributed by atoms with Crippen LogP contribution >= 0.6 is 15.9 Å². The highest BCUT2D eigenvalue weighted by Crippen LogP contribution is 2.39. The number of hydrogen-bond donors (Lipinski definition) is 1. The molecular weight excluding hydrogens is 282 g/mol. The summed E-state index contributed by atoms with van der Waals surface area (Å²) in [6.07, 6.45) is 0.734. The van der Waals surface area contributed by atoms with Crippen LogP contribution < -0.4 is 15.2 Å². The van der Waals surface area contributed by atoms with Crippen molar-refractivity contribution in [3.05, 3.63) is 21.7 Å². The predicted octanol–water partition coefficient (Wildman–Crippen LogP) is 3.05. The lowest BCUT2D eigenvalue weighted by Gasteiger charge is -2.23. The van der Waals surface area contributed by atoms with E-state index in [9.17, 15) is 0 Å². The molecule has 1 aromatic rings. The first-order valence-electron chi connectivity index (χ1n) is 5.49. The summed E-state index contributed by atoms with van der Waals surface area (Å²) in [7, 11) is 3.29. The fraction of sp³-hybridized carbons (Fsp3) is 0.538. The van der Waals surface area contributed by atoms with Gasteiger partial charge in [-0.3, -0.25) is 0 Å². The highest BCUT2D eigenvalue weighted by molar-refractivity contribution is 9.10. The molecule has 4 heteroatoms. The third-order valence-electron chi connectivity index (χ3n) is 2.62. The quantitative estimate of drug-likeness (QED) is 0.929. The lowest BCUT2D eigenvalue weighted by Crippen LogP contribution is -2.34. The first-order valence-corrected chi connectivity index (χ1v) is 6.28. The maximum absolute atomic E-state index is 6.09. The van der Waals surface area contributed by atoms with Crippen molar-refractivity contribution in [2.45, 2.75) is 32.7 Å². The molecule has 0 atom stereocenters. The maximum atomic E-state index is 6.09. The number of rotatable bonds is 4. The van der Waals surface area contributed by atoms with Gasteiger partial charge in [-0.1, -0.05) is 15.9 Å². The van der Waals surface area contributed by atoms with E-state index in [1.54, 1.807) is 14.2 Å².